The molecule has 4 amide bonds. The molecule has 1 atom stereocenters. The molecule has 0 unspecified atom stereocenters. The number of ether oxygens (including phenoxy) is 1. The molecular weight excluding hydrogens is 488 g/mol. The summed E-state index contributed by atoms with van der Waals surface area (Å²) in [5.74, 6) is -2.32. The van der Waals surface area contributed by atoms with Crippen LogP contribution in [0, 0.1) is 0 Å². The van der Waals surface area contributed by atoms with Crippen LogP contribution in [0.1, 0.15) is 63.9 Å². The second-order valence-corrected chi connectivity index (χ2v) is 10.1. The molecule has 2 aliphatic rings. The topological polar surface area (TPSA) is 134 Å². The summed E-state index contributed by atoms with van der Waals surface area (Å²) in [7, 11) is 0. The predicted octanol–water partition coefficient (Wildman–Crippen LogP) is 1.90. The zero-order chi connectivity index (χ0) is 27.4. The van der Waals surface area contributed by atoms with E-state index in [1.165, 1.54) is 0 Å². The Morgan fingerprint density at radius 1 is 1.00 bits per heavy atom. The number of carbonyl (C=O) groups excluding carboxylic acids is 5. The van der Waals surface area contributed by atoms with Gasteiger partial charge in [0, 0.05) is 19.5 Å². The first kappa shape index (κ1) is 29.3. The second kappa shape index (κ2) is 14.6. The Balaban J connectivity index is 1.57. The van der Waals surface area contributed by atoms with Gasteiger partial charge in [0.15, 0.2) is 5.78 Å². The second-order valence-electron chi connectivity index (χ2n) is 10.1. The molecule has 208 valence electrons. The number of amides is 4. The van der Waals surface area contributed by atoms with E-state index in [1.54, 1.807) is 4.90 Å². The van der Waals surface area contributed by atoms with E-state index in [0.717, 1.165) is 24.8 Å². The van der Waals surface area contributed by atoms with Gasteiger partial charge in [-0.1, -0.05) is 62.9 Å². The summed E-state index contributed by atoms with van der Waals surface area (Å²) < 4.78 is 5.31. The fraction of sp³-hybridized carbons (Fsp3) is 0.607. The summed E-state index contributed by atoms with van der Waals surface area (Å²) in [6.07, 6.45) is 5.06. The van der Waals surface area contributed by atoms with Crippen LogP contribution in [-0.4, -0.2) is 78.7 Å². The molecule has 1 aromatic carbocycles. The molecule has 38 heavy (non-hydrogen) atoms. The van der Waals surface area contributed by atoms with Crippen LogP contribution < -0.4 is 16.0 Å². The molecule has 1 heterocycles. The molecule has 3 N–H and O–H groups in total. The lowest BCUT2D eigenvalue weighted by Gasteiger charge is -2.39. The zero-order valence-electron chi connectivity index (χ0n) is 22.3. The molecule has 1 saturated carbocycles. The lowest BCUT2D eigenvalue weighted by atomic mass is 9.80. The molecule has 10 heteroatoms. The van der Waals surface area contributed by atoms with Gasteiger partial charge in [0.1, 0.15) is 5.54 Å². The molecule has 1 saturated heterocycles. The van der Waals surface area contributed by atoms with Crippen molar-refractivity contribution < 1.29 is 28.7 Å². The first-order valence-electron chi connectivity index (χ1n) is 13.7. The molecule has 0 radical (unpaired) electrons. The Hall–Kier alpha value is -3.27. The summed E-state index contributed by atoms with van der Waals surface area (Å²) in [5.41, 5.74) is -0.115. The first-order chi connectivity index (χ1) is 18.3. The minimum absolute atomic E-state index is 0.182. The summed E-state index contributed by atoms with van der Waals surface area (Å²) in [5, 5.41) is 8.12. The van der Waals surface area contributed by atoms with Gasteiger partial charge in [-0.2, -0.15) is 0 Å². The van der Waals surface area contributed by atoms with Crippen LogP contribution in [0.3, 0.4) is 0 Å². The Labute approximate surface area is 224 Å². The number of hydrogen-bond donors (Lipinski definition) is 3. The summed E-state index contributed by atoms with van der Waals surface area (Å²) in [6, 6.07) is 8.19. The van der Waals surface area contributed by atoms with E-state index in [4.69, 9.17) is 4.74 Å². The van der Waals surface area contributed by atoms with Crippen LogP contribution in [-0.2, 0) is 30.3 Å². The largest absolute Gasteiger partial charge is 0.378 e. The third kappa shape index (κ3) is 8.37. The maximum atomic E-state index is 13.5. The number of Topliss-reactive ketones (excluding diaryl/α,β-unsaturated/α-hetero) is 2. The minimum Gasteiger partial charge on any atom is -0.378 e. The van der Waals surface area contributed by atoms with Crippen LogP contribution in [0.15, 0.2) is 30.3 Å². The van der Waals surface area contributed by atoms with E-state index in [-0.39, 0.29) is 31.2 Å². The molecule has 0 spiro atoms. The van der Waals surface area contributed by atoms with Crippen molar-refractivity contribution in [3.05, 3.63) is 35.9 Å². The van der Waals surface area contributed by atoms with Gasteiger partial charge in [0.25, 0.3) is 5.91 Å². The van der Waals surface area contributed by atoms with E-state index in [1.807, 2.05) is 37.3 Å². The van der Waals surface area contributed by atoms with Gasteiger partial charge in [0.2, 0.25) is 11.7 Å². The van der Waals surface area contributed by atoms with Crippen molar-refractivity contribution in [1.82, 2.24) is 20.9 Å². The molecule has 1 aliphatic heterocycles. The van der Waals surface area contributed by atoms with Crippen LogP contribution >= 0.6 is 0 Å². The van der Waals surface area contributed by atoms with Crippen LogP contribution in [0.25, 0.3) is 0 Å². The summed E-state index contributed by atoms with van der Waals surface area (Å²) in [6.45, 7) is 3.40. The van der Waals surface area contributed by atoms with E-state index >= 15 is 0 Å². The van der Waals surface area contributed by atoms with Crippen molar-refractivity contribution >= 4 is 29.4 Å². The molecule has 0 bridgehead atoms. The third-order valence-corrected chi connectivity index (χ3v) is 7.19. The number of benzene rings is 1. The van der Waals surface area contributed by atoms with Crippen LogP contribution in [0.4, 0.5) is 4.79 Å². The Bertz CT molecular complexity index is 971. The van der Waals surface area contributed by atoms with Gasteiger partial charge in [-0.25, -0.2) is 4.79 Å². The molecular formula is C28H40N4O6. The Morgan fingerprint density at radius 3 is 2.34 bits per heavy atom. The Kier molecular flexibility index (Phi) is 11.3. The van der Waals surface area contributed by atoms with Crippen molar-refractivity contribution in [2.75, 3.05) is 32.8 Å². The maximum absolute atomic E-state index is 13.5. The highest BCUT2D eigenvalue weighted by molar-refractivity contribution is 6.38. The normalized spacial score (nSPS) is 17.7. The SMILES string of the molecule is CCC[C@H](NC(=O)C1(NC(=O)N2CCOCC2)CCCCC1)C(=O)C(=O)NCC(=O)CCc1ccccc1. The van der Waals surface area contributed by atoms with Crippen molar-refractivity contribution in [2.45, 2.75) is 76.3 Å². The molecule has 2 fully saturated rings. The zero-order valence-corrected chi connectivity index (χ0v) is 22.3. The number of urea groups is 1. The molecule has 3 rings (SSSR count). The standard InChI is InChI=1S/C28H40N4O6/c1-2-9-23(24(34)25(35)29-20-22(33)13-12-21-10-5-3-6-11-21)30-26(36)28(14-7-4-8-15-28)31-27(37)32-16-18-38-19-17-32/h3,5-6,10-11,23H,2,4,7-9,12-20H2,1H3,(H,29,35)(H,30,36)(H,31,37)/t23-/m0/s1. The van der Waals surface area contributed by atoms with E-state index in [2.05, 4.69) is 16.0 Å². The highest BCUT2D eigenvalue weighted by Crippen LogP contribution is 2.29. The molecule has 10 nitrogen and oxygen atoms in total. The lowest BCUT2D eigenvalue weighted by molar-refractivity contribution is -0.141. The van der Waals surface area contributed by atoms with Crippen molar-refractivity contribution in [3.63, 3.8) is 0 Å². The highest BCUT2D eigenvalue weighted by Gasteiger charge is 2.43. The Morgan fingerprint density at radius 2 is 1.68 bits per heavy atom. The maximum Gasteiger partial charge on any atom is 0.318 e. The summed E-state index contributed by atoms with van der Waals surface area (Å²) >= 11 is 0. The lowest BCUT2D eigenvalue weighted by Crippen LogP contribution is -2.64. The van der Waals surface area contributed by atoms with Gasteiger partial charge in [-0.05, 0) is 31.2 Å². The number of hydrogen-bond acceptors (Lipinski definition) is 6. The fourth-order valence-electron chi connectivity index (χ4n) is 4.91. The van der Waals surface area contributed by atoms with Crippen LogP contribution in [0.2, 0.25) is 0 Å². The van der Waals surface area contributed by atoms with Gasteiger partial charge in [-0.3, -0.25) is 19.2 Å². The van der Waals surface area contributed by atoms with E-state index in [0.29, 0.717) is 52.0 Å². The average Bonchev–Trinajstić information content (AvgIpc) is 2.95. The van der Waals surface area contributed by atoms with E-state index in [9.17, 15) is 24.0 Å². The number of nitrogens with one attached hydrogen (secondary N) is 3. The number of morpholine rings is 1. The van der Waals surface area contributed by atoms with Crippen LogP contribution in [0.5, 0.6) is 0 Å². The smallest absolute Gasteiger partial charge is 0.318 e. The van der Waals surface area contributed by atoms with Gasteiger partial charge in [0.05, 0.1) is 25.8 Å². The van der Waals surface area contributed by atoms with Crippen molar-refractivity contribution in [1.29, 1.82) is 0 Å². The monoisotopic (exact) mass is 528 g/mol. The average molecular weight is 529 g/mol. The van der Waals surface area contributed by atoms with Gasteiger partial charge < -0.3 is 25.6 Å². The molecule has 0 aromatic heterocycles. The predicted molar refractivity (Wildman–Crippen MR) is 141 cm³/mol. The molecule has 1 aromatic rings. The number of rotatable bonds is 12. The van der Waals surface area contributed by atoms with Crippen molar-refractivity contribution in [2.24, 2.45) is 0 Å². The van der Waals surface area contributed by atoms with E-state index < -0.39 is 29.2 Å². The molecule has 1 aliphatic carbocycles. The third-order valence-electron chi connectivity index (χ3n) is 7.19. The van der Waals surface area contributed by atoms with Crippen molar-refractivity contribution in [3.8, 4) is 0 Å². The summed E-state index contributed by atoms with van der Waals surface area (Å²) in [4.78, 5) is 65.9. The first-order valence-corrected chi connectivity index (χ1v) is 13.7. The number of carbonyl (C=O) groups is 5. The minimum atomic E-state index is -1.14. The fourth-order valence-corrected chi connectivity index (χ4v) is 4.91. The van der Waals surface area contributed by atoms with Gasteiger partial charge >= 0.3 is 6.03 Å². The van der Waals surface area contributed by atoms with Gasteiger partial charge in [-0.15, -0.1) is 0 Å². The number of ketones is 2. The quantitative estimate of drug-likeness (QED) is 0.355. The highest BCUT2D eigenvalue weighted by atomic mass is 16.5. The number of aryl methyl sites for hydroxylation is 1. The number of nitrogens with zero attached hydrogens (tertiary/aromatic N) is 1.